The van der Waals surface area contributed by atoms with E-state index < -0.39 is 0 Å². The van der Waals surface area contributed by atoms with Crippen LogP contribution in [0.3, 0.4) is 0 Å². The number of hydrogen-bond donors (Lipinski definition) is 0. The van der Waals surface area contributed by atoms with Gasteiger partial charge in [-0.3, -0.25) is 0 Å². The molecule has 0 rings (SSSR count). The van der Waals surface area contributed by atoms with Gasteiger partial charge in [-0.2, -0.15) is 0 Å². The molecule has 0 bridgehead atoms. The van der Waals surface area contributed by atoms with Crippen LogP contribution in [0.25, 0.3) is 0 Å². The largest absolute Gasteiger partial charge is 0.378 e. The smallest absolute Gasteiger partial charge is 0.0664 e. The van der Waals surface area contributed by atoms with Gasteiger partial charge in [0.15, 0.2) is 0 Å². The zero-order valence-electron chi connectivity index (χ0n) is 6.43. The molecule has 2 heteroatoms. The van der Waals surface area contributed by atoms with Crippen molar-refractivity contribution >= 4 is 11.6 Å². The molecular formula is C8H13ClO. The first-order valence-electron chi connectivity index (χ1n) is 3.37. The molecule has 0 spiro atoms. The highest BCUT2D eigenvalue weighted by Crippen LogP contribution is 2.01. The summed E-state index contributed by atoms with van der Waals surface area (Å²) in [6.07, 6.45) is 5.57. The average molecular weight is 161 g/mol. The minimum Gasteiger partial charge on any atom is -0.378 e. The van der Waals surface area contributed by atoms with E-state index in [2.05, 4.69) is 0 Å². The molecule has 0 aromatic rings. The first-order chi connectivity index (χ1) is 4.81. The van der Waals surface area contributed by atoms with Crippen molar-refractivity contribution in [3.8, 4) is 0 Å². The van der Waals surface area contributed by atoms with Crippen molar-refractivity contribution in [1.29, 1.82) is 0 Å². The van der Waals surface area contributed by atoms with E-state index >= 15 is 0 Å². The molecule has 0 amide bonds. The molecule has 0 N–H and O–H groups in total. The van der Waals surface area contributed by atoms with Gasteiger partial charge in [0, 0.05) is 11.6 Å². The van der Waals surface area contributed by atoms with Gasteiger partial charge in [-0.05, 0) is 26.0 Å². The van der Waals surface area contributed by atoms with Gasteiger partial charge in [-0.25, -0.2) is 0 Å². The van der Waals surface area contributed by atoms with Crippen molar-refractivity contribution in [3.05, 3.63) is 23.3 Å². The van der Waals surface area contributed by atoms with Crippen molar-refractivity contribution < 1.29 is 4.74 Å². The monoisotopic (exact) mass is 160 g/mol. The molecule has 0 fully saturated rings. The number of halogens is 1. The van der Waals surface area contributed by atoms with E-state index in [9.17, 15) is 0 Å². The summed E-state index contributed by atoms with van der Waals surface area (Å²) >= 11 is 5.71. The van der Waals surface area contributed by atoms with E-state index in [-0.39, 0.29) is 0 Å². The molecule has 10 heavy (non-hydrogen) atoms. The Hall–Kier alpha value is -0.270. The van der Waals surface area contributed by atoms with Gasteiger partial charge in [0.1, 0.15) is 0 Å². The van der Waals surface area contributed by atoms with Crippen molar-refractivity contribution in [1.82, 2.24) is 0 Å². The Balaban J connectivity index is 3.47. The Bertz CT molecular complexity index is 127. The van der Waals surface area contributed by atoms with E-state index in [0.29, 0.717) is 6.61 Å². The van der Waals surface area contributed by atoms with Crippen LogP contribution in [0.2, 0.25) is 0 Å². The second kappa shape index (κ2) is 6.84. The van der Waals surface area contributed by atoms with E-state index in [0.717, 1.165) is 11.6 Å². The lowest BCUT2D eigenvalue weighted by Crippen LogP contribution is -1.88. The van der Waals surface area contributed by atoms with Gasteiger partial charge in [0.2, 0.25) is 0 Å². The number of rotatable bonds is 4. The highest BCUT2D eigenvalue weighted by molar-refractivity contribution is 6.31. The topological polar surface area (TPSA) is 9.23 Å². The molecule has 0 aliphatic carbocycles. The Morgan fingerprint density at radius 1 is 1.60 bits per heavy atom. The Kier molecular flexibility index (Phi) is 6.66. The Labute approximate surface area is 67.3 Å². The van der Waals surface area contributed by atoms with Crippen LogP contribution in [-0.2, 0) is 4.74 Å². The number of hydrogen-bond acceptors (Lipinski definition) is 1. The zero-order valence-corrected chi connectivity index (χ0v) is 7.19. The predicted molar refractivity (Wildman–Crippen MR) is 45.2 cm³/mol. The van der Waals surface area contributed by atoms with E-state index in [1.54, 1.807) is 0 Å². The fourth-order valence-electron chi connectivity index (χ4n) is 0.484. The lowest BCUT2D eigenvalue weighted by Gasteiger charge is -1.92. The van der Waals surface area contributed by atoms with Crippen LogP contribution in [0.1, 0.15) is 13.8 Å². The molecule has 0 unspecified atom stereocenters. The zero-order chi connectivity index (χ0) is 7.82. The molecule has 0 aliphatic rings. The summed E-state index contributed by atoms with van der Waals surface area (Å²) in [5.41, 5.74) is 0. The SMILES string of the molecule is C/C=C/C(Cl)=C/COCC. The lowest BCUT2D eigenvalue weighted by atomic mass is 10.4. The normalized spacial score (nSPS) is 12.9. The molecule has 0 heterocycles. The fraction of sp³-hybridized carbons (Fsp3) is 0.500. The maximum Gasteiger partial charge on any atom is 0.0664 e. The van der Waals surface area contributed by atoms with Crippen molar-refractivity contribution in [2.75, 3.05) is 13.2 Å². The summed E-state index contributed by atoms with van der Waals surface area (Å²) in [5.74, 6) is 0. The van der Waals surface area contributed by atoms with Crippen LogP contribution >= 0.6 is 11.6 Å². The number of ether oxygens (including phenoxy) is 1. The Morgan fingerprint density at radius 2 is 2.30 bits per heavy atom. The van der Waals surface area contributed by atoms with Crippen LogP contribution in [0.4, 0.5) is 0 Å². The summed E-state index contributed by atoms with van der Waals surface area (Å²) in [7, 11) is 0. The highest BCUT2D eigenvalue weighted by Gasteiger charge is 1.82. The molecule has 1 nitrogen and oxygen atoms in total. The summed E-state index contributed by atoms with van der Waals surface area (Å²) in [4.78, 5) is 0. The van der Waals surface area contributed by atoms with Crippen LogP contribution < -0.4 is 0 Å². The van der Waals surface area contributed by atoms with Crippen LogP contribution in [0.5, 0.6) is 0 Å². The molecule has 58 valence electrons. The third-order valence-electron chi connectivity index (χ3n) is 0.926. The Morgan fingerprint density at radius 3 is 2.80 bits per heavy atom. The third kappa shape index (κ3) is 5.86. The summed E-state index contributed by atoms with van der Waals surface area (Å²) in [6.45, 7) is 5.21. The fourth-order valence-corrected chi connectivity index (χ4v) is 0.673. The van der Waals surface area contributed by atoms with Crippen LogP contribution in [0.15, 0.2) is 23.3 Å². The predicted octanol–water partition coefficient (Wildman–Crippen LogP) is 2.72. The summed E-state index contributed by atoms with van der Waals surface area (Å²) in [5, 5.41) is 0.732. The van der Waals surface area contributed by atoms with Gasteiger partial charge in [0.25, 0.3) is 0 Å². The minimum absolute atomic E-state index is 0.597. The minimum atomic E-state index is 0.597. The lowest BCUT2D eigenvalue weighted by molar-refractivity contribution is 0.177. The van der Waals surface area contributed by atoms with Gasteiger partial charge in [0.05, 0.1) is 6.61 Å². The van der Waals surface area contributed by atoms with Gasteiger partial charge < -0.3 is 4.74 Å². The van der Waals surface area contributed by atoms with Gasteiger partial charge in [-0.1, -0.05) is 17.7 Å². The average Bonchev–Trinajstić information content (AvgIpc) is 1.89. The molecule has 0 radical (unpaired) electrons. The van der Waals surface area contributed by atoms with Crippen molar-refractivity contribution in [3.63, 3.8) is 0 Å². The molecule has 0 aliphatic heterocycles. The molecule has 0 atom stereocenters. The number of allylic oxidation sites excluding steroid dienone is 3. The van der Waals surface area contributed by atoms with E-state index in [1.165, 1.54) is 0 Å². The van der Waals surface area contributed by atoms with Gasteiger partial charge in [-0.15, -0.1) is 0 Å². The summed E-state index contributed by atoms with van der Waals surface area (Å²) < 4.78 is 5.06. The van der Waals surface area contributed by atoms with Gasteiger partial charge >= 0.3 is 0 Å². The van der Waals surface area contributed by atoms with Crippen LogP contribution in [-0.4, -0.2) is 13.2 Å². The van der Waals surface area contributed by atoms with Crippen molar-refractivity contribution in [2.45, 2.75) is 13.8 Å². The maximum atomic E-state index is 5.71. The first kappa shape index (κ1) is 9.73. The van der Waals surface area contributed by atoms with E-state index in [1.807, 2.05) is 32.1 Å². The van der Waals surface area contributed by atoms with E-state index in [4.69, 9.17) is 16.3 Å². The molecule has 0 saturated carbocycles. The summed E-state index contributed by atoms with van der Waals surface area (Å²) in [6, 6.07) is 0. The molecule has 0 saturated heterocycles. The third-order valence-corrected chi connectivity index (χ3v) is 1.21. The first-order valence-corrected chi connectivity index (χ1v) is 3.75. The maximum absolute atomic E-state index is 5.71. The van der Waals surface area contributed by atoms with Crippen LogP contribution in [0, 0.1) is 0 Å². The highest BCUT2D eigenvalue weighted by atomic mass is 35.5. The second-order valence-electron chi connectivity index (χ2n) is 1.75. The molecular weight excluding hydrogens is 148 g/mol. The quantitative estimate of drug-likeness (QED) is 0.454. The molecule has 0 aromatic carbocycles. The second-order valence-corrected chi connectivity index (χ2v) is 2.18. The van der Waals surface area contributed by atoms with Crippen molar-refractivity contribution in [2.24, 2.45) is 0 Å². The standard InChI is InChI=1S/C8H13ClO/c1-3-5-8(9)6-7-10-4-2/h3,5-6H,4,7H2,1-2H3/b5-3+,8-6-. The molecule has 0 aromatic heterocycles.